The average molecular weight is 196 g/mol. The number of hydrogen-bond acceptors (Lipinski definition) is 1. The molecule has 82 valence electrons. The Bertz CT molecular complexity index is 159. The lowest BCUT2D eigenvalue weighted by Gasteiger charge is -1.99. The van der Waals surface area contributed by atoms with E-state index in [0.29, 0.717) is 0 Å². The number of rotatable bonds is 9. The van der Waals surface area contributed by atoms with Gasteiger partial charge in [-0.1, -0.05) is 52.0 Å². The summed E-state index contributed by atoms with van der Waals surface area (Å²) in [6.45, 7) is 4.38. The van der Waals surface area contributed by atoms with E-state index in [1.807, 2.05) is 0 Å². The van der Waals surface area contributed by atoms with Crippen LogP contribution in [-0.4, -0.2) is 6.29 Å². The summed E-state index contributed by atoms with van der Waals surface area (Å²) in [7, 11) is 0. The third-order valence-corrected chi connectivity index (χ3v) is 2.43. The first kappa shape index (κ1) is 13.4. The van der Waals surface area contributed by atoms with Crippen molar-refractivity contribution in [3.05, 3.63) is 11.6 Å². The second-order valence-corrected chi connectivity index (χ2v) is 3.85. The van der Waals surface area contributed by atoms with Gasteiger partial charge in [-0.25, -0.2) is 0 Å². The normalized spacial score (nSPS) is 11.7. The Labute approximate surface area is 88.6 Å². The molecule has 0 amide bonds. The zero-order valence-corrected chi connectivity index (χ0v) is 9.72. The minimum atomic E-state index is 0.979. The van der Waals surface area contributed by atoms with Crippen LogP contribution in [0, 0.1) is 0 Å². The van der Waals surface area contributed by atoms with E-state index >= 15 is 0 Å². The lowest BCUT2D eigenvalue weighted by Crippen LogP contribution is -1.86. The van der Waals surface area contributed by atoms with Gasteiger partial charge in [0.25, 0.3) is 0 Å². The van der Waals surface area contributed by atoms with Crippen LogP contribution >= 0.6 is 0 Å². The van der Waals surface area contributed by atoms with Crippen molar-refractivity contribution in [2.75, 3.05) is 0 Å². The first-order valence-corrected chi connectivity index (χ1v) is 5.99. The van der Waals surface area contributed by atoms with Gasteiger partial charge in [-0.05, 0) is 24.8 Å². The Hall–Kier alpha value is -0.590. The fourth-order valence-electron chi connectivity index (χ4n) is 1.46. The molecule has 0 aromatic carbocycles. The summed E-state index contributed by atoms with van der Waals surface area (Å²) in [5.74, 6) is 0. The van der Waals surface area contributed by atoms with Crippen molar-refractivity contribution in [1.82, 2.24) is 0 Å². The molecular weight excluding hydrogens is 172 g/mol. The summed E-state index contributed by atoms with van der Waals surface area (Å²) in [6.07, 6.45) is 12.6. The number of aldehydes is 1. The molecule has 0 aromatic rings. The summed E-state index contributed by atoms with van der Waals surface area (Å²) in [6, 6.07) is 0. The quantitative estimate of drug-likeness (QED) is 0.306. The van der Waals surface area contributed by atoms with Gasteiger partial charge in [-0.3, -0.25) is 4.79 Å². The predicted octanol–water partition coefficient (Wildman–Crippen LogP) is 4.27. The van der Waals surface area contributed by atoms with Crippen LogP contribution in [0.25, 0.3) is 0 Å². The van der Waals surface area contributed by atoms with Crippen LogP contribution < -0.4 is 0 Å². The Balaban J connectivity index is 3.56. The molecule has 0 unspecified atom stereocenters. The lowest BCUT2D eigenvalue weighted by molar-refractivity contribution is -0.105. The van der Waals surface area contributed by atoms with Gasteiger partial charge in [-0.2, -0.15) is 0 Å². The Kier molecular flexibility index (Phi) is 10.0. The van der Waals surface area contributed by atoms with Gasteiger partial charge in [-0.15, -0.1) is 0 Å². The Morgan fingerprint density at radius 1 is 1.00 bits per heavy atom. The molecule has 1 nitrogen and oxygen atoms in total. The van der Waals surface area contributed by atoms with Crippen molar-refractivity contribution in [2.24, 2.45) is 0 Å². The third-order valence-electron chi connectivity index (χ3n) is 2.43. The molecule has 0 atom stereocenters. The highest BCUT2D eigenvalue weighted by molar-refractivity contribution is 5.72. The minimum absolute atomic E-state index is 0.979. The number of hydrogen-bond donors (Lipinski definition) is 0. The van der Waals surface area contributed by atoms with Gasteiger partial charge in [0.15, 0.2) is 0 Å². The van der Waals surface area contributed by atoms with Gasteiger partial charge in [0.05, 0.1) is 0 Å². The van der Waals surface area contributed by atoms with Crippen LogP contribution in [0.2, 0.25) is 0 Å². The van der Waals surface area contributed by atoms with Gasteiger partial charge >= 0.3 is 0 Å². The van der Waals surface area contributed by atoms with Gasteiger partial charge in [0.2, 0.25) is 0 Å². The van der Waals surface area contributed by atoms with Crippen molar-refractivity contribution in [2.45, 2.75) is 65.2 Å². The zero-order valence-electron chi connectivity index (χ0n) is 9.72. The summed E-state index contributed by atoms with van der Waals surface area (Å²) in [5.41, 5.74) is 1.01. The van der Waals surface area contributed by atoms with Crippen LogP contribution in [0.3, 0.4) is 0 Å². The molecule has 0 saturated carbocycles. The molecule has 0 bridgehead atoms. The number of unbranched alkanes of at least 4 members (excludes halogenated alkanes) is 5. The standard InChI is InChI=1S/C13H24O/c1-3-5-7-9-11-13(12-14)10-8-6-4-2/h10,12H,3-9,11H2,1-2H3/b13-10+. The molecule has 0 fully saturated rings. The van der Waals surface area contributed by atoms with Crippen LogP contribution in [0.4, 0.5) is 0 Å². The fourth-order valence-corrected chi connectivity index (χ4v) is 1.46. The first-order chi connectivity index (χ1) is 6.85. The zero-order chi connectivity index (χ0) is 10.6. The van der Waals surface area contributed by atoms with E-state index in [0.717, 1.165) is 24.7 Å². The maximum atomic E-state index is 10.7. The first-order valence-electron chi connectivity index (χ1n) is 5.99. The molecule has 0 heterocycles. The molecule has 0 spiro atoms. The van der Waals surface area contributed by atoms with Crippen LogP contribution in [0.5, 0.6) is 0 Å². The monoisotopic (exact) mass is 196 g/mol. The van der Waals surface area contributed by atoms with Crippen LogP contribution in [0.15, 0.2) is 11.6 Å². The maximum absolute atomic E-state index is 10.7. The van der Waals surface area contributed by atoms with Crippen molar-refractivity contribution in [3.63, 3.8) is 0 Å². The molecule has 0 aliphatic heterocycles. The Morgan fingerprint density at radius 2 is 1.71 bits per heavy atom. The van der Waals surface area contributed by atoms with Crippen molar-refractivity contribution in [3.8, 4) is 0 Å². The Morgan fingerprint density at radius 3 is 2.29 bits per heavy atom. The molecular formula is C13H24O. The SMILES string of the molecule is CCCC/C=C(/C=O)CCCCCC. The van der Waals surface area contributed by atoms with E-state index < -0.39 is 0 Å². The van der Waals surface area contributed by atoms with E-state index in [1.54, 1.807) is 0 Å². The van der Waals surface area contributed by atoms with Crippen LogP contribution in [-0.2, 0) is 4.79 Å². The second-order valence-electron chi connectivity index (χ2n) is 3.85. The fraction of sp³-hybridized carbons (Fsp3) is 0.769. The van der Waals surface area contributed by atoms with Crippen LogP contribution in [0.1, 0.15) is 65.2 Å². The van der Waals surface area contributed by atoms with E-state index in [1.165, 1.54) is 38.5 Å². The summed E-state index contributed by atoms with van der Waals surface area (Å²) < 4.78 is 0. The topological polar surface area (TPSA) is 17.1 Å². The highest BCUT2D eigenvalue weighted by Gasteiger charge is 1.95. The van der Waals surface area contributed by atoms with Crippen molar-refractivity contribution >= 4 is 6.29 Å². The molecule has 0 aliphatic carbocycles. The largest absolute Gasteiger partial charge is 0.298 e. The van der Waals surface area contributed by atoms with E-state index in [9.17, 15) is 4.79 Å². The molecule has 0 saturated heterocycles. The highest BCUT2D eigenvalue weighted by atomic mass is 16.1. The van der Waals surface area contributed by atoms with Gasteiger partial charge in [0, 0.05) is 0 Å². The van der Waals surface area contributed by atoms with E-state index in [4.69, 9.17) is 0 Å². The second kappa shape index (κ2) is 10.5. The highest BCUT2D eigenvalue weighted by Crippen LogP contribution is 2.10. The number of carbonyl (C=O) groups is 1. The smallest absolute Gasteiger partial charge is 0.145 e. The molecule has 0 N–H and O–H groups in total. The minimum Gasteiger partial charge on any atom is -0.298 e. The molecule has 0 rings (SSSR count). The molecule has 14 heavy (non-hydrogen) atoms. The maximum Gasteiger partial charge on any atom is 0.145 e. The number of carbonyl (C=O) groups excluding carboxylic acids is 1. The molecule has 1 heteroatoms. The molecule has 0 aliphatic rings. The van der Waals surface area contributed by atoms with Gasteiger partial charge < -0.3 is 0 Å². The summed E-state index contributed by atoms with van der Waals surface area (Å²) >= 11 is 0. The van der Waals surface area contributed by atoms with Crippen molar-refractivity contribution in [1.29, 1.82) is 0 Å². The summed E-state index contributed by atoms with van der Waals surface area (Å²) in [5, 5.41) is 0. The molecule has 0 aromatic heterocycles. The van der Waals surface area contributed by atoms with E-state index in [2.05, 4.69) is 19.9 Å². The predicted molar refractivity (Wildman–Crippen MR) is 62.4 cm³/mol. The summed E-state index contributed by atoms with van der Waals surface area (Å²) in [4.78, 5) is 10.7. The number of allylic oxidation sites excluding steroid dienone is 2. The van der Waals surface area contributed by atoms with Gasteiger partial charge in [0.1, 0.15) is 6.29 Å². The lowest BCUT2D eigenvalue weighted by atomic mass is 10.1. The average Bonchev–Trinajstić information content (AvgIpc) is 2.22. The molecule has 0 radical (unpaired) electrons. The van der Waals surface area contributed by atoms with E-state index in [-0.39, 0.29) is 0 Å². The van der Waals surface area contributed by atoms with Crippen molar-refractivity contribution < 1.29 is 4.79 Å². The third kappa shape index (κ3) is 8.03.